The fourth-order valence-electron chi connectivity index (χ4n) is 2.21. The predicted octanol–water partition coefficient (Wildman–Crippen LogP) is -0.306. The minimum atomic E-state index is -1.59. The Bertz CT molecular complexity index is 467. The van der Waals surface area contributed by atoms with Gasteiger partial charge in [0.15, 0.2) is 0 Å². The molecule has 0 unspecified atom stereocenters. The Balaban J connectivity index is -0.000000451. The van der Waals surface area contributed by atoms with E-state index in [1.807, 2.05) is 0 Å². The molecule has 0 aliphatic heterocycles. The fraction of sp³-hybridized carbons (Fsp3) is 0.778. The molecule has 0 fully saturated rings. The van der Waals surface area contributed by atoms with Crippen LogP contribution in [0.2, 0.25) is 0 Å². The molecule has 0 spiro atoms. The Morgan fingerprint density at radius 2 is 0.862 bits per heavy atom. The van der Waals surface area contributed by atoms with Crippen LogP contribution in [-0.4, -0.2) is 60.1 Å². The number of aliphatic carboxylic acids is 2. The maximum absolute atomic E-state index is 11.4. The number of hydrogen-bond acceptors (Lipinski definition) is 10. The second-order valence-corrected chi connectivity index (χ2v) is 5.71. The van der Waals surface area contributed by atoms with E-state index in [9.17, 15) is 29.4 Å². The minimum absolute atomic E-state index is 0. The van der Waals surface area contributed by atoms with Crippen molar-refractivity contribution in [3.63, 3.8) is 0 Å². The van der Waals surface area contributed by atoms with E-state index in [4.69, 9.17) is 0 Å². The standard InChI is InChI=1S/2C9H16O5.Mg/c2*1-4-9(5-2,7(10)11)8(12)14-13-6-3;/h2*4-6H2,1-3H3,(H,10,11);/q;;+2/p-2. The molecular weight excluding hydrogens is 400 g/mol. The number of carbonyl (C=O) groups is 4. The summed E-state index contributed by atoms with van der Waals surface area (Å²) in [5.41, 5.74) is -3.18. The molecule has 0 heterocycles. The molecule has 0 atom stereocenters. The van der Waals surface area contributed by atoms with Crippen molar-refractivity contribution in [3.8, 4) is 0 Å². The van der Waals surface area contributed by atoms with Gasteiger partial charge in [-0.3, -0.25) is 9.78 Å². The maximum atomic E-state index is 11.4. The van der Waals surface area contributed by atoms with Crippen molar-refractivity contribution >= 4 is 46.9 Å². The first-order chi connectivity index (χ1) is 13.1. The van der Waals surface area contributed by atoms with Crippen molar-refractivity contribution < 1.29 is 48.9 Å². The number of rotatable bonds is 12. The minimum Gasteiger partial charge on any atom is -0.549 e. The largest absolute Gasteiger partial charge is 2.00 e. The zero-order valence-electron chi connectivity index (χ0n) is 18.0. The van der Waals surface area contributed by atoms with Gasteiger partial charge in [0.2, 0.25) is 0 Å². The van der Waals surface area contributed by atoms with Gasteiger partial charge in [0.1, 0.15) is 10.8 Å². The van der Waals surface area contributed by atoms with Crippen molar-refractivity contribution in [2.24, 2.45) is 10.8 Å². The van der Waals surface area contributed by atoms with E-state index in [0.717, 1.165) is 0 Å². The van der Waals surface area contributed by atoms with Crippen LogP contribution >= 0.6 is 0 Å². The van der Waals surface area contributed by atoms with Gasteiger partial charge in [-0.2, -0.15) is 9.78 Å². The Kier molecular flexibility index (Phi) is 18.2. The van der Waals surface area contributed by atoms with Crippen molar-refractivity contribution in [1.82, 2.24) is 0 Å². The molecule has 0 saturated carbocycles. The summed E-state index contributed by atoms with van der Waals surface area (Å²) in [5, 5.41) is 21.6. The molecule has 0 amide bonds. The molecule has 164 valence electrons. The monoisotopic (exact) mass is 430 g/mol. The molecule has 0 radical (unpaired) electrons. The average molecular weight is 431 g/mol. The molecule has 10 nitrogen and oxygen atoms in total. The molecule has 0 aromatic rings. The van der Waals surface area contributed by atoms with Gasteiger partial charge in [0.05, 0.1) is 25.2 Å². The molecule has 0 aliphatic rings. The van der Waals surface area contributed by atoms with Crippen molar-refractivity contribution in [3.05, 3.63) is 0 Å². The van der Waals surface area contributed by atoms with Gasteiger partial charge in [0.25, 0.3) is 0 Å². The summed E-state index contributed by atoms with van der Waals surface area (Å²) in [5.74, 6) is -4.65. The van der Waals surface area contributed by atoms with Gasteiger partial charge in [-0.05, 0) is 39.5 Å². The quantitative estimate of drug-likeness (QED) is 0.174. The molecule has 29 heavy (non-hydrogen) atoms. The molecule has 0 aromatic heterocycles. The summed E-state index contributed by atoms with van der Waals surface area (Å²) in [6, 6.07) is 0. The van der Waals surface area contributed by atoms with E-state index in [1.165, 1.54) is 0 Å². The summed E-state index contributed by atoms with van der Waals surface area (Å²) in [4.78, 5) is 61.9. The van der Waals surface area contributed by atoms with E-state index in [1.54, 1.807) is 41.5 Å². The van der Waals surface area contributed by atoms with Crippen LogP contribution in [0.4, 0.5) is 0 Å². The van der Waals surface area contributed by atoms with Gasteiger partial charge in [-0.25, -0.2) is 9.59 Å². The molecule has 0 rings (SSSR count). The van der Waals surface area contributed by atoms with Gasteiger partial charge < -0.3 is 19.8 Å². The molecule has 0 aromatic carbocycles. The molecule has 0 aliphatic carbocycles. The van der Waals surface area contributed by atoms with Crippen LogP contribution in [-0.2, 0) is 38.7 Å². The molecule has 11 heteroatoms. The Morgan fingerprint density at radius 3 is 1.00 bits per heavy atom. The van der Waals surface area contributed by atoms with Crippen molar-refractivity contribution in [2.75, 3.05) is 13.2 Å². The second-order valence-electron chi connectivity index (χ2n) is 5.71. The maximum Gasteiger partial charge on any atom is 2.00 e. The first-order valence-electron chi connectivity index (χ1n) is 9.20. The van der Waals surface area contributed by atoms with Crippen molar-refractivity contribution in [1.29, 1.82) is 0 Å². The first kappa shape index (κ1) is 32.2. The van der Waals surface area contributed by atoms with Crippen LogP contribution in [0, 0.1) is 10.8 Å². The molecule has 0 saturated heterocycles. The third-order valence-electron chi connectivity index (χ3n) is 4.48. The summed E-state index contributed by atoms with van der Waals surface area (Å²) in [7, 11) is 0. The van der Waals surface area contributed by atoms with E-state index in [0.29, 0.717) is 0 Å². The van der Waals surface area contributed by atoms with Crippen LogP contribution in [0.1, 0.15) is 67.2 Å². The number of carbonyl (C=O) groups excluding carboxylic acids is 4. The van der Waals surface area contributed by atoms with E-state index < -0.39 is 34.7 Å². The zero-order chi connectivity index (χ0) is 22.4. The molecule has 0 bridgehead atoms. The zero-order valence-corrected chi connectivity index (χ0v) is 19.4. The fourth-order valence-corrected chi connectivity index (χ4v) is 2.21. The van der Waals surface area contributed by atoms with Crippen LogP contribution in [0.25, 0.3) is 0 Å². The second kappa shape index (κ2) is 16.4. The SMILES string of the molecule is CCOOC(=O)C(CC)(CC)C(=O)[O-].CCOOC(=O)C(CC)(CC)C(=O)[O-].[Mg+2]. The molecule has 0 N–H and O–H groups in total. The van der Waals surface area contributed by atoms with Crippen LogP contribution in [0.15, 0.2) is 0 Å². The Labute approximate surface area is 187 Å². The van der Waals surface area contributed by atoms with E-state index in [2.05, 4.69) is 19.6 Å². The van der Waals surface area contributed by atoms with Crippen LogP contribution in [0.5, 0.6) is 0 Å². The third-order valence-corrected chi connectivity index (χ3v) is 4.48. The number of hydrogen-bond donors (Lipinski definition) is 0. The predicted molar refractivity (Wildman–Crippen MR) is 97.2 cm³/mol. The smallest absolute Gasteiger partial charge is 0.549 e. The Morgan fingerprint density at radius 1 is 0.621 bits per heavy atom. The normalized spacial score (nSPS) is 10.7. The number of carboxylic acid groups (broad SMARTS) is 2. The summed E-state index contributed by atoms with van der Waals surface area (Å²) >= 11 is 0. The Hall–Kier alpha value is -1.43. The van der Waals surface area contributed by atoms with E-state index in [-0.39, 0.29) is 61.9 Å². The average Bonchev–Trinajstić information content (AvgIpc) is 2.67. The van der Waals surface area contributed by atoms with Crippen LogP contribution in [0.3, 0.4) is 0 Å². The molecular formula is C18H30MgO10. The van der Waals surface area contributed by atoms with Gasteiger partial charge in [-0.15, -0.1) is 0 Å². The van der Waals surface area contributed by atoms with Crippen LogP contribution < -0.4 is 10.2 Å². The summed E-state index contributed by atoms with van der Waals surface area (Å²) in [6.07, 6.45) is 0.491. The van der Waals surface area contributed by atoms with Gasteiger partial charge in [-0.1, -0.05) is 27.7 Å². The first-order valence-corrected chi connectivity index (χ1v) is 9.20. The van der Waals surface area contributed by atoms with E-state index >= 15 is 0 Å². The van der Waals surface area contributed by atoms with Gasteiger partial charge in [0, 0.05) is 0 Å². The number of carboxylic acids is 2. The third kappa shape index (κ3) is 8.85. The summed E-state index contributed by atoms with van der Waals surface area (Å²) in [6.45, 7) is 9.99. The van der Waals surface area contributed by atoms with Gasteiger partial charge >= 0.3 is 35.0 Å². The summed E-state index contributed by atoms with van der Waals surface area (Å²) < 4.78 is 0. The van der Waals surface area contributed by atoms with Crippen molar-refractivity contribution in [2.45, 2.75) is 67.2 Å². The topological polar surface area (TPSA) is 151 Å².